The number of hydrogen-bond donors (Lipinski definition) is 2. The van der Waals surface area contributed by atoms with Gasteiger partial charge in [-0.15, -0.1) is 0 Å². The van der Waals surface area contributed by atoms with E-state index in [0.717, 1.165) is 37.2 Å². The Morgan fingerprint density at radius 1 is 1.09 bits per heavy atom. The van der Waals surface area contributed by atoms with Crippen molar-refractivity contribution >= 4 is 23.2 Å². The number of carbonyl (C=O) groups is 2. The van der Waals surface area contributed by atoms with Crippen LogP contribution in [0.3, 0.4) is 0 Å². The van der Waals surface area contributed by atoms with Gasteiger partial charge in [0.15, 0.2) is 17.3 Å². The molecule has 0 saturated carbocycles. The molecule has 4 rings (SSSR count). The van der Waals surface area contributed by atoms with Crippen LogP contribution in [0.25, 0.3) is 11.3 Å². The fourth-order valence-electron chi connectivity index (χ4n) is 3.91. The number of benzene rings is 2. The molecule has 0 radical (unpaired) electrons. The summed E-state index contributed by atoms with van der Waals surface area (Å²) in [5.74, 6) is 1.50. The number of piperidine rings is 1. The average molecular weight is 449 g/mol. The zero-order valence-electron chi connectivity index (χ0n) is 19.1. The monoisotopic (exact) mass is 448 g/mol. The number of aromatic nitrogens is 1. The van der Waals surface area contributed by atoms with Gasteiger partial charge in [-0.2, -0.15) is 0 Å². The van der Waals surface area contributed by atoms with Gasteiger partial charge in [0, 0.05) is 36.8 Å². The van der Waals surface area contributed by atoms with Crippen molar-refractivity contribution in [1.82, 2.24) is 10.3 Å². The van der Waals surface area contributed by atoms with E-state index >= 15 is 0 Å². The van der Waals surface area contributed by atoms with Gasteiger partial charge >= 0.3 is 0 Å². The van der Waals surface area contributed by atoms with Crippen molar-refractivity contribution < 1.29 is 18.7 Å². The molecule has 2 heterocycles. The molecule has 2 N–H and O–H groups in total. The molecule has 8 nitrogen and oxygen atoms in total. The maximum atomic E-state index is 13.5. The molecule has 33 heavy (non-hydrogen) atoms. The normalized spacial score (nSPS) is 14.0. The third-order valence-corrected chi connectivity index (χ3v) is 5.77. The Labute approximate surface area is 192 Å². The van der Waals surface area contributed by atoms with Gasteiger partial charge in [0.05, 0.1) is 7.11 Å². The first-order chi connectivity index (χ1) is 16.0. The molecular weight excluding hydrogens is 420 g/mol. The van der Waals surface area contributed by atoms with Gasteiger partial charge in [-0.3, -0.25) is 9.59 Å². The number of nitrogens with one attached hydrogen (secondary N) is 2. The van der Waals surface area contributed by atoms with E-state index in [-0.39, 0.29) is 23.4 Å². The largest absolute Gasteiger partial charge is 0.497 e. The lowest BCUT2D eigenvalue weighted by Crippen LogP contribution is -2.28. The topological polar surface area (TPSA) is 96.7 Å². The molecule has 1 saturated heterocycles. The second kappa shape index (κ2) is 9.87. The molecule has 1 aromatic heterocycles. The van der Waals surface area contributed by atoms with E-state index in [4.69, 9.17) is 9.15 Å². The first kappa shape index (κ1) is 22.5. The summed E-state index contributed by atoms with van der Waals surface area (Å²) in [6.07, 6.45) is 1.81. The van der Waals surface area contributed by atoms with Crippen LogP contribution in [0.1, 0.15) is 42.1 Å². The van der Waals surface area contributed by atoms with Gasteiger partial charge in [0.1, 0.15) is 5.75 Å². The predicted octanol–water partition coefficient (Wildman–Crippen LogP) is 4.05. The highest BCUT2D eigenvalue weighted by atomic mass is 16.5. The van der Waals surface area contributed by atoms with Crippen LogP contribution in [0.5, 0.6) is 5.75 Å². The third kappa shape index (κ3) is 5.06. The Morgan fingerprint density at radius 2 is 1.76 bits per heavy atom. The van der Waals surface area contributed by atoms with Crippen LogP contribution < -0.4 is 20.3 Å². The summed E-state index contributed by atoms with van der Waals surface area (Å²) in [6.45, 7) is 3.24. The molecule has 1 fully saturated rings. The summed E-state index contributed by atoms with van der Waals surface area (Å²) in [4.78, 5) is 31.1. The quantitative estimate of drug-likeness (QED) is 0.591. The summed E-state index contributed by atoms with van der Waals surface area (Å²) in [6, 6.07) is 14.5. The van der Waals surface area contributed by atoms with Crippen molar-refractivity contribution in [3.8, 4) is 17.1 Å². The number of carbonyl (C=O) groups excluding carboxylic acids is 2. The van der Waals surface area contributed by atoms with Crippen LogP contribution in [0.15, 0.2) is 52.9 Å². The molecule has 3 aromatic rings. The first-order valence-electron chi connectivity index (χ1n) is 11.0. The van der Waals surface area contributed by atoms with Crippen LogP contribution in [0.2, 0.25) is 0 Å². The number of oxazole rings is 1. The van der Waals surface area contributed by atoms with E-state index in [2.05, 4.69) is 15.6 Å². The molecule has 2 aromatic carbocycles. The van der Waals surface area contributed by atoms with Gasteiger partial charge in [-0.1, -0.05) is 0 Å². The number of anilines is 2. The van der Waals surface area contributed by atoms with Gasteiger partial charge in [-0.05, 0) is 74.5 Å². The van der Waals surface area contributed by atoms with Crippen LogP contribution in [0, 0.1) is 0 Å². The highest BCUT2D eigenvalue weighted by molar-refractivity contribution is 6.07. The highest BCUT2D eigenvalue weighted by Crippen LogP contribution is 2.33. The molecular formula is C25H28N4O4. The fraction of sp³-hybridized carbons (Fsp3) is 0.320. The summed E-state index contributed by atoms with van der Waals surface area (Å²) in [7, 11) is 3.32. The van der Waals surface area contributed by atoms with E-state index in [1.807, 2.05) is 36.4 Å². The van der Waals surface area contributed by atoms with Gasteiger partial charge in [-0.25, -0.2) is 4.98 Å². The number of methoxy groups -OCH3 is 1. The Kier molecular flexibility index (Phi) is 6.74. The molecule has 0 bridgehead atoms. The molecule has 1 aliphatic rings. The predicted molar refractivity (Wildman–Crippen MR) is 127 cm³/mol. The zero-order valence-corrected chi connectivity index (χ0v) is 19.1. The molecule has 172 valence electrons. The van der Waals surface area contributed by atoms with Crippen molar-refractivity contribution in [2.75, 3.05) is 37.5 Å². The van der Waals surface area contributed by atoms with Crippen molar-refractivity contribution in [3.05, 3.63) is 60.1 Å². The number of amides is 2. The molecule has 8 heteroatoms. The van der Waals surface area contributed by atoms with Crippen molar-refractivity contribution in [2.45, 2.75) is 25.7 Å². The van der Waals surface area contributed by atoms with Gasteiger partial charge in [0.25, 0.3) is 5.91 Å². The van der Waals surface area contributed by atoms with Gasteiger partial charge < -0.3 is 24.7 Å². The number of rotatable bonds is 6. The zero-order chi connectivity index (χ0) is 23.4. The summed E-state index contributed by atoms with van der Waals surface area (Å²) in [5, 5.41) is 6.09. The SMILES string of the molecule is COc1ccc(N(C)C(=O)c2nc(C3CCNCC3)oc2-c2ccc(NC(C)=O)cc2)cc1. The molecule has 0 atom stereocenters. The first-order valence-corrected chi connectivity index (χ1v) is 11.0. The van der Waals surface area contributed by atoms with Crippen molar-refractivity contribution in [1.29, 1.82) is 0 Å². The van der Waals surface area contributed by atoms with E-state index < -0.39 is 0 Å². The molecule has 1 aliphatic heterocycles. The smallest absolute Gasteiger partial charge is 0.280 e. The second-order valence-corrected chi connectivity index (χ2v) is 8.07. The highest BCUT2D eigenvalue weighted by Gasteiger charge is 2.29. The van der Waals surface area contributed by atoms with Crippen LogP contribution >= 0.6 is 0 Å². The number of hydrogen-bond acceptors (Lipinski definition) is 6. The molecule has 0 aliphatic carbocycles. The lowest BCUT2D eigenvalue weighted by atomic mass is 9.98. The summed E-state index contributed by atoms with van der Waals surface area (Å²) < 4.78 is 11.4. The summed E-state index contributed by atoms with van der Waals surface area (Å²) in [5.41, 5.74) is 2.39. The third-order valence-electron chi connectivity index (χ3n) is 5.77. The van der Waals surface area contributed by atoms with Crippen molar-refractivity contribution in [3.63, 3.8) is 0 Å². The lowest BCUT2D eigenvalue weighted by Gasteiger charge is -2.19. The maximum Gasteiger partial charge on any atom is 0.280 e. The second-order valence-electron chi connectivity index (χ2n) is 8.07. The van der Waals surface area contributed by atoms with Gasteiger partial charge in [0.2, 0.25) is 5.91 Å². The Morgan fingerprint density at radius 3 is 2.36 bits per heavy atom. The standard InChI is InChI=1S/C25H28N4O4/c1-16(30)27-19-6-4-17(5-7-19)23-22(28-24(33-23)18-12-14-26-15-13-18)25(31)29(2)20-8-10-21(32-3)11-9-20/h4-11,18,26H,12-15H2,1-3H3,(H,27,30). The minimum Gasteiger partial charge on any atom is -0.497 e. The molecule has 2 amide bonds. The average Bonchev–Trinajstić information content (AvgIpc) is 3.29. The van der Waals surface area contributed by atoms with E-state index in [9.17, 15) is 9.59 Å². The lowest BCUT2D eigenvalue weighted by molar-refractivity contribution is -0.114. The Bertz CT molecular complexity index is 1120. The van der Waals surface area contributed by atoms with Crippen LogP contribution in [0.4, 0.5) is 11.4 Å². The van der Waals surface area contributed by atoms with E-state index in [1.165, 1.54) is 6.92 Å². The number of nitrogens with zero attached hydrogens (tertiary/aromatic N) is 2. The Hall–Kier alpha value is -3.65. The minimum absolute atomic E-state index is 0.146. The summed E-state index contributed by atoms with van der Waals surface area (Å²) >= 11 is 0. The molecule has 0 spiro atoms. The minimum atomic E-state index is -0.259. The fourth-order valence-corrected chi connectivity index (χ4v) is 3.91. The van der Waals surface area contributed by atoms with E-state index in [0.29, 0.717) is 23.1 Å². The Balaban J connectivity index is 1.69. The van der Waals surface area contributed by atoms with Crippen molar-refractivity contribution in [2.24, 2.45) is 0 Å². The van der Waals surface area contributed by atoms with Crippen LogP contribution in [-0.2, 0) is 4.79 Å². The maximum absolute atomic E-state index is 13.5. The van der Waals surface area contributed by atoms with Crippen LogP contribution in [-0.4, -0.2) is 44.0 Å². The van der Waals surface area contributed by atoms with E-state index in [1.54, 1.807) is 31.2 Å². The molecule has 0 unspecified atom stereocenters. The number of ether oxygens (including phenoxy) is 1.